The molecule has 1 rings (SSSR count). The highest BCUT2D eigenvalue weighted by Gasteiger charge is 2.13. The van der Waals surface area contributed by atoms with E-state index >= 15 is 0 Å². The summed E-state index contributed by atoms with van der Waals surface area (Å²) in [5.74, 6) is 0.699. The van der Waals surface area contributed by atoms with Crippen LogP contribution in [0.5, 0.6) is 0 Å². The van der Waals surface area contributed by atoms with Crippen LogP contribution < -0.4 is 5.73 Å². The van der Waals surface area contributed by atoms with Crippen molar-refractivity contribution in [2.75, 3.05) is 0 Å². The highest BCUT2D eigenvalue weighted by Crippen LogP contribution is 2.20. The van der Waals surface area contributed by atoms with Gasteiger partial charge in [-0.2, -0.15) is 0 Å². The zero-order valence-electron chi connectivity index (χ0n) is 9.40. The average Bonchev–Trinajstić information content (AvgIpc) is 2.51. The molecule has 1 aromatic rings. The lowest BCUT2D eigenvalue weighted by molar-refractivity contribution is 0.431. The molecular formula is C11H21N3. The molecule has 0 spiro atoms. The predicted octanol–water partition coefficient (Wildman–Crippen LogP) is 2.25. The van der Waals surface area contributed by atoms with E-state index in [2.05, 4.69) is 18.8 Å². The van der Waals surface area contributed by atoms with E-state index in [1.54, 1.807) is 6.33 Å². The second kappa shape index (κ2) is 5.15. The summed E-state index contributed by atoms with van der Waals surface area (Å²) >= 11 is 0. The molecule has 0 aromatic carbocycles. The quantitative estimate of drug-likeness (QED) is 0.783. The van der Waals surface area contributed by atoms with Crippen molar-refractivity contribution in [2.45, 2.75) is 39.2 Å². The molecule has 3 heteroatoms. The third kappa shape index (κ3) is 2.84. The largest absolute Gasteiger partial charge is 0.336 e. The minimum atomic E-state index is 0.129. The van der Waals surface area contributed by atoms with E-state index in [0.717, 1.165) is 12.1 Å². The van der Waals surface area contributed by atoms with Crippen molar-refractivity contribution in [1.82, 2.24) is 9.55 Å². The first-order valence-electron chi connectivity index (χ1n) is 5.37. The van der Waals surface area contributed by atoms with Gasteiger partial charge in [-0.1, -0.05) is 26.7 Å². The highest BCUT2D eigenvalue weighted by molar-refractivity contribution is 5.03. The molecule has 1 heterocycles. The maximum Gasteiger partial charge on any atom is 0.0946 e. The molecule has 2 atom stereocenters. The SMILES string of the molecule is CCCC(C)CC(N)c1cncn1C. The smallest absolute Gasteiger partial charge is 0.0946 e. The molecule has 0 bridgehead atoms. The molecule has 0 amide bonds. The molecule has 0 aliphatic rings. The van der Waals surface area contributed by atoms with Gasteiger partial charge in [0.05, 0.1) is 12.0 Å². The van der Waals surface area contributed by atoms with Crippen molar-refractivity contribution in [3.8, 4) is 0 Å². The summed E-state index contributed by atoms with van der Waals surface area (Å²) in [6.45, 7) is 4.48. The Kier molecular flexibility index (Phi) is 4.14. The van der Waals surface area contributed by atoms with Gasteiger partial charge < -0.3 is 10.3 Å². The normalized spacial score (nSPS) is 15.4. The van der Waals surface area contributed by atoms with E-state index in [-0.39, 0.29) is 6.04 Å². The summed E-state index contributed by atoms with van der Waals surface area (Å²) in [7, 11) is 1.99. The molecule has 0 fully saturated rings. The summed E-state index contributed by atoms with van der Waals surface area (Å²) < 4.78 is 2.00. The van der Waals surface area contributed by atoms with Crippen molar-refractivity contribution < 1.29 is 0 Å². The second-order valence-electron chi connectivity index (χ2n) is 4.17. The predicted molar refractivity (Wildman–Crippen MR) is 58.8 cm³/mol. The first-order chi connectivity index (χ1) is 6.65. The first kappa shape index (κ1) is 11.2. The number of hydrogen-bond donors (Lipinski definition) is 1. The van der Waals surface area contributed by atoms with Crippen LogP contribution in [0.4, 0.5) is 0 Å². The zero-order chi connectivity index (χ0) is 10.6. The monoisotopic (exact) mass is 195 g/mol. The molecule has 0 saturated carbocycles. The Hall–Kier alpha value is -0.830. The van der Waals surface area contributed by atoms with Crippen molar-refractivity contribution >= 4 is 0 Å². The van der Waals surface area contributed by atoms with Crippen LogP contribution in [0.3, 0.4) is 0 Å². The number of nitrogens with two attached hydrogens (primary N) is 1. The first-order valence-corrected chi connectivity index (χ1v) is 5.37. The summed E-state index contributed by atoms with van der Waals surface area (Å²) in [5.41, 5.74) is 7.24. The van der Waals surface area contributed by atoms with Gasteiger partial charge in [0.1, 0.15) is 0 Å². The zero-order valence-corrected chi connectivity index (χ0v) is 9.40. The van der Waals surface area contributed by atoms with Crippen LogP contribution >= 0.6 is 0 Å². The number of hydrogen-bond acceptors (Lipinski definition) is 2. The number of rotatable bonds is 5. The molecule has 0 aliphatic carbocycles. The van der Waals surface area contributed by atoms with Crippen LogP contribution in [-0.2, 0) is 7.05 Å². The summed E-state index contributed by atoms with van der Waals surface area (Å²) in [5, 5.41) is 0. The van der Waals surface area contributed by atoms with Crippen LogP contribution in [0.15, 0.2) is 12.5 Å². The Balaban J connectivity index is 2.50. The molecule has 14 heavy (non-hydrogen) atoms. The Morgan fingerprint density at radius 2 is 2.29 bits per heavy atom. The van der Waals surface area contributed by atoms with Crippen LogP contribution in [0, 0.1) is 5.92 Å². The van der Waals surface area contributed by atoms with E-state index in [9.17, 15) is 0 Å². The van der Waals surface area contributed by atoms with Crippen LogP contribution in [0.2, 0.25) is 0 Å². The third-order valence-electron chi connectivity index (χ3n) is 2.67. The molecular weight excluding hydrogens is 174 g/mol. The van der Waals surface area contributed by atoms with Gasteiger partial charge in [-0.25, -0.2) is 4.98 Å². The van der Waals surface area contributed by atoms with Crippen molar-refractivity contribution in [3.05, 3.63) is 18.2 Å². The van der Waals surface area contributed by atoms with E-state index in [0.29, 0.717) is 5.92 Å². The maximum absolute atomic E-state index is 6.11. The van der Waals surface area contributed by atoms with Gasteiger partial charge in [-0.3, -0.25) is 0 Å². The molecule has 0 radical (unpaired) electrons. The fourth-order valence-corrected chi connectivity index (χ4v) is 1.89. The van der Waals surface area contributed by atoms with Gasteiger partial charge >= 0.3 is 0 Å². The van der Waals surface area contributed by atoms with Gasteiger partial charge in [0.25, 0.3) is 0 Å². The standard InChI is InChI=1S/C11H21N3/c1-4-5-9(2)6-10(12)11-7-13-8-14(11)3/h7-10H,4-6,12H2,1-3H3. The van der Waals surface area contributed by atoms with E-state index in [1.807, 2.05) is 17.8 Å². The number of imidazole rings is 1. The van der Waals surface area contributed by atoms with Crippen LogP contribution in [-0.4, -0.2) is 9.55 Å². The van der Waals surface area contributed by atoms with Gasteiger partial charge in [-0.05, 0) is 12.3 Å². The fourth-order valence-electron chi connectivity index (χ4n) is 1.89. The number of nitrogens with zero attached hydrogens (tertiary/aromatic N) is 2. The van der Waals surface area contributed by atoms with Crippen LogP contribution in [0.1, 0.15) is 44.8 Å². The minimum absolute atomic E-state index is 0.129. The van der Waals surface area contributed by atoms with E-state index in [1.165, 1.54) is 12.8 Å². The van der Waals surface area contributed by atoms with Crippen LogP contribution in [0.25, 0.3) is 0 Å². The lowest BCUT2D eigenvalue weighted by Gasteiger charge is -2.16. The summed E-state index contributed by atoms with van der Waals surface area (Å²) in [4.78, 5) is 4.08. The molecule has 0 aliphatic heterocycles. The van der Waals surface area contributed by atoms with Gasteiger partial charge in [0.15, 0.2) is 0 Å². The molecule has 80 valence electrons. The van der Waals surface area contributed by atoms with E-state index in [4.69, 9.17) is 5.73 Å². The number of aryl methyl sites for hydroxylation is 1. The Labute approximate surface area is 86.3 Å². The Morgan fingerprint density at radius 3 is 2.79 bits per heavy atom. The topological polar surface area (TPSA) is 43.8 Å². The lowest BCUT2D eigenvalue weighted by atomic mass is 9.96. The van der Waals surface area contributed by atoms with Gasteiger partial charge in [0, 0.05) is 19.3 Å². The lowest BCUT2D eigenvalue weighted by Crippen LogP contribution is -2.16. The molecule has 1 aromatic heterocycles. The van der Waals surface area contributed by atoms with Crippen molar-refractivity contribution in [1.29, 1.82) is 0 Å². The Morgan fingerprint density at radius 1 is 1.57 bits per heavy atom. The third-order valence-corrected chi connectivity index (χ3v) is 2.67. The van der Waals surface area contributed by atoms with Gasteiger partial charge in [-0.15, -0.1) is 0 Å². The summed E-state index contributed by atoms with van der Waals surface area (Å²) in [6, 6.07) is 0.129. The summed E-state index contributed by atoms with van der Waals surface area (Å²) in [6.07, 6.45) is 7.21. The molecule has 0 saturated heterocycles. The minimum Gasteiger partial charge on any atom is -0.336 e. The van der Waals surface area contributed by atoms with Crippen molar-refractivity contribution in [2.24, 2.45) is 18.7 Å². The molecule has 2 N–H and O–H groups in total. The highest BCUT2D eigenvalue weighted by atomic mass is 15.0. The molecule has 3 nitrogen and oxygen atoms in total. The average molecular weight is 195 g/mol. The second-order valence-corrected chi connectivity index (χ2v) is 4.17. The number of aromatic nitrogens is 2. The maximum atomic E-state index is 6.11. The molecule has 2 unspecified atom stereocenters. The fraction of sp³-hybridized carbons (Fsp3) is 0.727. The van der Waals surface area contributed by atoms with E-state index < -0.39 is 0 Å². The Bertz CT molecular complexity index is 267. The van der Waals surface area contributed by atoms with Gasteiger partial charge in [0.2, 0.25) is 0 Å². The van der Waals surface area contributed by atoms with Crippen molar-refractivity contribution in [3.63, 3.8) is 0 Å².